The van der Waals surface area contributed by atoms with Crippen LogP contribution in [0, 0.1) is 23.2 Å². The van der Waals surface area contributed by atoms with E-state index in [2.05, 4.69) is 36.8 Å². The smallest absolute Gasteiger partial charge is 0.356 e. The fourth-order valence-corrected chi connectivity index (χ4v) is 7.67. The van der Waals surface area contributed by atoms with Gasteiger partial charge in [-0.3, -0.25) is 9.48 Å². The Labute approximate surface area is 257 Å². The number of nitriles is 1. The average molecular weight is 595 g/mol. The van der Waals surface area contributed by atoms with E-state index in [-0.39, 0.29) is 11.6 Å². The van der Waals surface area contributed by atoms with Crippen LogP contribution in [0.1, 0.15) is 84.4 Å². The third-order valence-corrected chi connectivity index (χ3v) is 10.1. The Bertz CT molecular complexity index is 1610. The predicted octanol–water partition coefficient (Wildman–Crippen LogP) is 4.49. The van der Waals surface area contributed by atoms with Gasteiger partial charge in [0.05, 0.1) is 24.2 Å². The molecule has 0 atom stereocenters. The molecule has 3 aliphatic heterocycles. The van der Waals surface area contributed by atoms with E-state index in [0.717, 1.165) is 88.4 Å². The maximum atomic E-state index is 12.4. The van der Waals surface area contributed by atoms with Crippen LogP contribution >= 0.6 is 0 Å². The van der Waals surface area contributed by atoms with Crippen LogP contribution in [0.5, 0.6) is 0 Å². The number of aromatic nitrogens is 4. The lowest BCUT2D eigenvalue weighted by molar-refractivity contribution is -0.129. The Kier molecular flexibility index (Phi) is 7.44. The average Bonchev–Trinajstić information content (AvgIpc) is 3.40. The lowest BCUT2D eigenvalue weighted by atomic mass is 9.73. The fraction of sp³-hybridized carbons (Fsp3) is 0.515. The van der Waals surface area contributed by atoms with Crippen molar-refractivity contribution in [3.63, 3.8) is 0 Å². The number of carbonyl (C=O) groups excluding carboxylic acids is 1. The second-order valence-corrected chi connectivity index (χ2v) is 12.8. The second kappa shape index (κ2) is 11.6. The third-order valence-electron chi connectivity index (χ3n) is 10.1. The summed E-state index contributed by atoms with van der Waals surface area (Å²) in [5, 5.41) is 31.8. The van der Waals surface area contributed by atoms with Crippen molar-refractivity contribution in [2.45, 2.75) is 70.9 Å². The van der Waals surface area contributed by atoms with Gasteiger partial charge < -0.3 is 19.8 Å². The zero-order valence-corrected chi connectivity index (χ0v) is 25.2. The summed E-state index contributed by atoms with van der Waals surface area (Å²) < 4.78 is 2.30. The molecule has 44 heavy (non-hydrogen) atoms. The van der Waals surface area contributed by atoms with Crippen LogP contribution in [0.15, 0.2) is 30.3 Å². The molecule has 1 saturated carbocycles. The predicted molar refractivity (Wildman–Crippen MR) is 164 cm³/mol. The number of hydrogen-bond donors (Lipinski definition) is 1. The Balaban J connectivity index is 1.03. The van der Waals surface area contributed by atoms with E-state index in [4.69, 9.17) is 10.2 Å². The maximum Gasteiger partial charge on any atom is 0.356 e. The van der Waals surface area contributed by atoms with Gasteiger partial charge in [-0.05, 0) is 92.7 Å². The molecule has 11 heteroatoms. The highest BCUT2D eigenvalue weighted by Gasteiger charge is 2.38. The van der Waals surface area contributed by atoms with Crippen molar-refractivity contribution in [1.29, 1.82) is 5.26 Å². The van der Waals surface area contributed by atoms with Gasteiger partial charge in [-0.1, -0.05) is 0 Å². The first kappa shape index (κ1) is 28.3. The number of hydrogen-bond acceptors (Lipinski definition) is 8. The quantitative estimate of drug-likeness (QED) is 0.438. The van der Waals surface area contributed by atoms with Crippen molar-refractivity contribution < 1.29 is 14.7 Å². The molecule has 0 bridgehead atoms. The van der Waals surface area contributed by atoms with Crippen molar-refractivity contribution in [2.75, 3.05) is 36.0 Å². The molecule has 1 saturated heterocycles. The normalized spacial score (nSPS) is 21.7. The van der Waals surface area contributed by atoms with Gasteiger partial charge in [-0.15, -0.1) is 10.2 Å². The molecule has 7 rings (SSSR count). The number of rotatable bonds is 6. The van der Waals surface area contributed by atoms with Crippen LogP contribution < -0.4 is 9.80 Å². The highest BCUT2D eigenvalue weighted by atomic mass is 16.4. The minimum absolute atomic E-state index is 0.0279. The van der Waals surface area contributed by atoms with Gasteiger partial charge in [-0.2, -0.15) is 10.4 Å². The van der Waals surface area contributed by atoms with Gasteiger partial charge in [0.25, 0.3) is 0 Å². The Morgan fingerprint density at radius 2 is 1.84 bits per heavy atom. The van der Waals surface area contributed by atoms with Crippen LogP contribution in [0.25, 0.3) is 0 Å². The molecule has 228 valence electrons. The van der Waals surface area contributed by atoms with Crippen molar-refractivity contribution in [3.8, 4) is 6.07 Å². The lowest BCUT2D eigenvalue weighted by Crippen LogP contribution is -2.38. The first-order valence-corrected chi connectivity index (χ1v) is 15.9. The van der Waals surface area contributed by atoms with E-state index in [1.807, 2.05) is 17.0 Å². The monoisotopic (exact) mass is 594 g/mol. The second-order valence-electron chi connectivity index (χ2n) is 12.8. The number of anilines is 3. The van der Waals surface area contributed by atoms with Crippen molar-refractivity contribution >= 4 is 29.2 Å². The van der Waals surface area contributed by atoms with Gasteiger partial charge in [0.1, 0.15) is 0 Å². The first-order chi connectivity index (χ1) is 21.4. The summed E-state index contributed by atoms with van der Waals surface area (Å²) in [4.78, 5) is 29.9. The van der Waals surface area contributed by atoms with Gasteiger partial charge in [0.15, 0.2) is 17.3 Å². The van der Waals surface area contributed by atoms with E-state index in [9.17, 15) is 14.9 Å². The van der Waals surface area contributed by atoms with E-state index < -0.39 is 5.97 Å². The van der Waals surface area contributed by atoms with Gasteiger partial charge in [0, 0.05) is 56.5 Å². The maximum absolute atomic E-state index is 12.4. The standard InChI is InChI=1S/C33H38N8O3/c1-21(42)39-14-10-30-27(20-39)32(40-11-2-3-25-16-23(19-34)4-6-29(25)40)37-41(30)26-17-24(18-26)15-22-8-12-38(13-9-22)31-7-5-28(33(43)44)35-36-31/h4-7,16,22,24,26H,2-3,8-15,17-18,20H2,1H3,(H,43,44). The summed E-state index contributed by atoms with van der Waals surface area (Å²) in [5.74, 6) is 2.14. The zero-order chi connectivity index (χ0) is 30.4. The molecule has 2 fully saturated rings. The van der Waals surface area contributed by atoms with E-state index in [1.54, 1.807) is 13.0 Å². The largest absolute Gasteiger partial charge is 0.476 e. The summed E-state index contributed by atoms with van der Waals surface area (Å²) in [6, 6.07) is 11.9. The molecule has 3 aromatic rings. The molecule has 1 amide bonds. The van der Waals surface area contributed by atoms with Crippen LogP contribution in [-0.2, 0) is 24.2 Å². The summed E-state index contributed by atoms with van der Waals surface area (Å²) in [7, 11) is 0. The van der Waals surface area contributed by atoms with E-state index in [1.165, 1.54) is 29.3 Å². The Hall–Kier alpha value is -4.46. The molecule has 0 radical (unpaired) electrons. The molecule has 5 heterocycles. The Morgan fingerprint density at radius 3 is 2.55 bits per heavy atom. The van der Waals surface area contributed by atoms with Crippen LogP contribution in [0.3, 0.4) is 0 Å². The number of carbonyl (C=O) groups is 2. The Morgan fingerprint density at radius 1 is 1.02 bits per heavy atom. The van der Waals surface area contributed by atoms with Gasteiger partial charge in [-0.25, -0.2) is 4.79 Å². The summed E-state index contributed by atoms with van der Waals surface area (Å²) in [6.45, 7) is 5.69. The first-order valence-electron chi connectivity index (χ1n) is 15.9. The molecular formula is C33H38N8O3. The summed E-state index contributed by atoms with van der Waals surface area (Å²) >= 11 is 0. The van der Waals surface area contributed by atoms with Crippen molar-refractivity contribution in [3.05, 3.63) is 58.4 Å². The number of carboxylic acids is 1. The minimum Gasteiger partial charge on any atom is -0.476 e. The molecule has 1 N–H and O–H groups in total. The van der Waals surface area contributed by atoms with Gasteiger partial charge in [0.2, 0.25) is 5.91 Å². The van der Waals surface area contributed by atoms with Crippen LogP contribution in [0.4, 0.5) is 17.3 Å². The summed E-state index contributed by atoms with van der Waals surface area (Å²) in [6.07, 6.45) is 8.49. The number of carboxylic acid groups (broad SMARTS) is 1. The lowest BCUT2D eigenvalue weighted by Gasteiger charge is -2.41. The number of benzene rings is 1. The van der Waals surface area contributed by atoms with Gasteiger partial charge >= 0.3 is 5.97 Å². The molecule has 11 nitrogen and oxygen atoms in total. The highest BCUT2D eigenvalue weighted by molar-refractivity contribution is 5.85. The number of aryl methyl sites for hydroxylation is 1. The molecule has 2 aromatic heterocycles. The molecule has 1 aromatic carbocycles. The van der Waals surface area contributed by atoms with E-state index >= 15 is 0 Å². The SMILES string of the molecule is CC(=O)N1CCc2c(c(N3CCCc4cc(C#N)ccc43)nn2C2CC(CC3CCN(c4ccc(C(=O)O)nn4)CC3)C2)C1. The third kappa shape index (κ3) is 5.27. The number of aromatic carboxylic acids is 1. The van der Waals surface area contributed by atoms with Crippen molar-refractivity contribution in [1.82, 2.24) is 24.9 Å². The molecule has 4 aliphatic rings. The van der Waals surface area contributed by atoms with Crippen LogP contribution in [0.2, 0.25) is 0 Å². The zero-order valence-electron chi connectivity index (χ0n) is 25.2. The molecule has 0 spiro atoms. The topological polar surface area (TPSA) is 131 Å². The van der Waals surface area contributed by atoms with E-state index in [0.29, 0.717) is 30.0 Å². The number of piperidine rings is 1. The number of fused-ring (bicyclic) bond motifs is 2. The summed E-state index contributed by atoms with van der Waals surface area (Å²) in [5.41, 5.74) is 5.44. The number of amides is 1. The van der Waals surface area contributed by atoms with Crippen molar-refractivity contribution in [2.24, 2.45) is 11.8 Å². The highest BCUT2D eigenvalue weighted by Crippen LogP contribution is 2.46. The molecular weight excluding hydrogens is 556 g/mol. The minimum atomic E-state index is -1.06. The molecule has 1 aliphatic carbocycles. The van der Waals surface area contributed by atoms with Crippen LogP contribution in [-0.4, -0.2) is 68.0 Å². The number of nitrogens with zero attached hydrogens (tertiary/aromatic N) is 8. The molecule has 0 unspecified atom stereocenters. The fourth-order valence-electron chi connectivity index (χ4n) is 7.67.